The van der Waals surface area contributed by atoms with Crippen LogP contribution in [-0.2, 0) is 20.0 Å². The lowest BCUT2D eigenvalue weighted by Crippen LogP contribution is -2.41. The number of aliphatic imine (C=N–C) groups is 1. The molecule has 0 saturated heterocycles. The van der Waals surface area contributed by atoms with Crippen molar-refractivity contribution >= 4 is 17.3 Å². The second kappa shape index (κ2) is 8.84. The third-order valence-corrected chi connectivity index (χ3v) is 5.14. The minimum absolute atomic E-state index is 0.241. The van der Waals surface area contributed by atoms with Gasteiger partial charge in [0.2, 0.25) is 0 Å². The van der Waals surface area contributed by atoms with Crippen LogP contribution in [0.15, 0.2) is 29.5 Å². The Hall–Kier alpha value is -1.86. The minimum atomic E-state index is 0.241. The molecule has 0 bridgehead atoms. The van der Waals surface area contributed by atoms with Gasteiger partial charge in [0.1, 0.15) is 0 Å². The average molecular weight is 349 g/mol. The summed E-state index contributed by atoms with van der Waals surface area (Å²) in [5.74, 6) is 0.817. The summed E-state index contributed by atoms with van der Waals surface area (Å²) in [6.45, 7) is 3.75. The molecule has 0 aromatic carbocycles. The van der Waals surface area contributed by atoms with Crippen molar-refractivity contribution in [3.63, 3.8) is 0 Å². The lowest BCUT2D eigenvalue weighted by molar-refractivity contribution is 0.298. The van der Waals surface area contributed by atoms with Crippen molar-refractivity contribution in [3.05, 3.63) is 39.8 Å². The molecule has 0 aliphatic heterocycles. The highest BCUT2D eigenvalue weighted by Crippen LogP contribution is 2.17. The molecule has 2 rings (SSSR count). The molecule has 1 unspecified atom stereocenters. The van der Waals surface area contributed by atoms with Gasteiger partial charge in [-0.1, -0.05) is 6.92 Å². The highest BCUT2D eigenvalue weighted by Gasteiger charge is 2.16. The molecule has 0 fully saturated rings. The van der Waals surface area contributed by atoms with E-state index in [9.17, 15) is 0 Å². The molecule has 0 radical (unpaired) electrons. The predicted molar refractivity (Wildman–Crippen MR) is 102 cm³/mol. The SMILES string of the molecule is CCc1ccc(CNC(=NC)NCC(c2cnn(C)c2)N(C)C)s1. The van der Waals surface area contributed by atoms with Crippen molar-refractivity contribution in [2.75, 3.05) is 27.7 Å². The minimum Gasteiger partial charge on any atom is -0.354 e. The Morgan fingerprint density at radius 2 is 2.08 bits per heavy atom. The molecular weight excluding hydrogens is 320 g/mol. The summed E-state index contributed by atoms with van der Waals surface area (Å²) in [4.78, 5) is 9.25. The zero-order chi connectivity index (χ0) is 17.5. The second-order valence-corrected chi connectivity index (χ2v) is 7.21. The molecule has 7 heteroatoms. The molecule has 1 atom stereocenters. The van der Waals surface area contributed by atoms with E-state index >= 15 is 0 Å². The van der Waals surface area contributed by atoms with E-state index in [1.54, 1.807) is 7.05 Å². The third-order valence-electron chi connectivity index (χ3n) is 3.92. The van der Waals surface area contributed by atoms with Gasteiger partial charge in [-0.2, -0.15) is 5.10 Å². The summed E-state index contributed by atoms with van der Waals surface area (Å²) >= 11 is 1.85. The van der Waals surface area contributed by atoms with Crippen LogP contribution < -0.4 is 10.6 Å². The molecule has 2 aromatic rings. The van der Waals surface area contributed by atoms with Crippen LogP contribution in [0.25, 0.3) is 0 Å². The van der Waals surface area contributed by atoms with Gasteiger partial charge in [0.15, 0.2) is 5.96 Å². The Kier molecular flexibility index (Phi) is 6.81. The maximum atomic E-state index is 4.32. The fourth-order valence-electron chi connectivity index (χ4n) is 2.50. The van der Waals surface area contributed by atoms with E-state index < -0.39 is 0 Å². The molecule has 6 nitrogen and oxygen atoms in total. The van der Waals surface area contributed by atoms with E-state index in [2.05, 4.69) is 65.0 Å². The normalized spacial score (nSPS) is 13.3. The summed E-state index contributed by atoms with van der Waals surface area (Å²) < 4.78 is 1.83. The van der Waals surface area contributed by atoms with Gasteiger partial charge in [-0.3, -0.25) is 9.67 Å². The monoisotopic (exact) mass is 348 g/mol. The van der Waals surface area contributed by atoms with E-state index in [-0.39, 0.29) is 6.04 Å². The van der Waals surface area contributed by atoms with Gasteiger partial charge in [-0.05, 0) is 32.6 Å². The second-order valence-electron chi connectivity index (χ2n) is 5.95. The van der Waals surface area contributed by atoms with E-state index in [0.29, 0.717) is 0 Å². The highest BCUT2D eigenvalue weighted by atomic mass is 32.1. The van der Waals surface area contributed by atoms with Crippen molar-refractivity contribution in [1.29, 1.82) is 0 Å². The molecule has 0 aliphatic rings. The van der Waals surface area contributed by atoms with Gasteiger partial charge in [-0.15, -0.1) is 11.3 Å². The smallest absolute Gasteiger partial charge is 0.191 e. The first-order valence-electron chi connectivity index (χ1n) is 8.20. The topological polar surface area (TPSA) is 57.5 Å². The number of nitrogens with one attached hydrogen (secondary N) is 2. The fourth-order valence-corrected chi connectivity index (χ4v) is 3.40. The van der Waals surface area contributed by atoms with Crippen molar-refractivity contribution in [1.82, 2.24) is 25.3 Å². The molecule has 0 amide bonds. The van der Waals surface area contributed by atoms with Crippen LogP contribution in [0.1, 0.15) is 28.3 Å². The molecule has 24 heavy (non-hydrogen) atoms. The van der Waals surface area contributed by atoms with Crippen molar-refractivity contribution in [3.8, 4) is 0 Å². The first kappa shape index (κ1) is 18.5. The van der Waals surface area contributed by atoms with E-state index in [1.807, 2.05) is 29.3 Å². The first-order valence-corrected chi connectivity index (χ1v) is 9.02. The summed E-state index contributed by atoms with van der Waals surface area (Å²) in [6.07, 6.45) is 5.06. The summed E-state index contributed by atoms with van der Waals surface area (Å²) in [5, 5.41) is 11.1. The summed E-state index contributed by atoms with van der Waals surface area (Å²) in [6, 6.07) is 4.62. The van der Waals surface area contributed by atoms with Gasteiger partial charge < -0.3 is 15.5 Å². The third kappa shape index (κ3) is 5.07. The number of guanidine groups is 1. The van der Waals surface area contributed by atoms with Crippen LogP contribution >= 0.6 is 11.3 Å². The molecule has 2 N–H and O–H groups in total. The molecule has 0 saturated carbocycles. The maximum Gasteiger partial charge on any atom is 0.191 e. The van der Waals surface area contributed by atoms with Crippen LogP contribution in [0.2, 0.25) is 0 Å². The number of thiophene rings is 1. The zero-order valence-electron chi connectivity index (χ0n) is 15.2. The van der Waals surface area contributed by atoms with E-state index in [1.165, 1.54) is 15.3 Å². The Morgan fingerprint density at radius 1 is 1.33 bits per heavy atom. The zero-order valence-corrected chi connectivity index (χ0v) is 16.0. The Labute approximate surface area is 148 Å². The van der Waals surface area contributed by atoms with Gasteiger partial charge in [0.25, 0.3) is 0 Å². The predicted octanol–water partition coefficient (Wildman–Crippen LogP) is 2.01. The molecule has 0 aliphatic carbocycles. The van der Waals surface area contributed by atoms with Crippen LogP contribution in [0, 0.1) is 0 Å². The van der Waals surface area contributed by atoms with E-state index in [4.69, 9.17) is 0 Å². The van der Waals surface area contributed by atoms with Crippen molar-refractivity contribution in [2.24, 2.45) is 12.0 Å². The molecule has 132 valence electrons. The molecular formula is C17H28N6S. The molecule has 2 heterocycles. The number of hydrogen-bond donors (Lipinski definition) is 2. The van der Waals surface area contributed by atoms with E-state index in [0.717, 1.165) is 25.5 Å². The number of nitrogens with zero attached hydrogens (tertiary/aromatic N) is 4. The van der Waals surface area contributed by atoms with Crippen molar-refractivity contribution < 1.29 is 0 Å². The Morgan fingerprint density at radius 3 is 2.62 bits per heavy atom. The summed E-state index contributed by atoms with van der Waals surface area (Å²) in [5.41, 5.74) is 1.19. The largest absolute Gasteiger partial charge is 0.354 e. The number of aryl methyl sites for hydroxylation is 2. The number of rotatable bonds is 7. The molecule has 0 spiro atoms. The van der Waals surface area contributed by atoms with Crippen LogP contribution in [0.4, 0.5) is 0 Å². The van der Waals surface area contributed by atoms with Gasteiger partial charge in [0.05, 0.1) is 18.8 Å². The Bertz CT molecular complexity index is 658. The standard InChI is InChI=1S/C17H28N6S/c1-6-14-7-8-15(24-14)10-19-17(18-2)20-11-16(22(3)4)13-9-21-23(5)12-13/h7-9,12,16H,6,10-11H2,1-5H3,(H2,18,19,20). The van der Waals surface area contributed by atoms with Crippen molar-refractivity contribution in [2.45, 2.75) is 25.9 Å². The highest BCUT2D eigenvalue weighted by molar-refractivity contribution is 7.11. The quantitative estimate of drug-likeness (QED) is 0.594. The van der Waals surface area contributed by atoms with Gasteiger partial charge in [-0.25, -0.2) is 0 Å². The molecule has 2 aromatic heterocycles. The average Bonchev–Trinajstić information content (AvgIpc) is 3.19. The Balaban J connectivity index is 1.89. The lowest BCUT2D eigenvalue weighted by Gasteiger charge is -2.24. The fraction of sp³-hybridized carbons (Fsp3) is 0.529. The first-order chi connectivity index (χ1) is 11.5. The number of aromatic nitrogens is 2. The van der Waals surface area contributed by atoms with Crippen LogP contribution in [-0.4, -0.2) is 48.3 Å². The number of likely N-dealkylation sites (N-methyl/N-ethyl adjacent to an activating group) is 1. The van der Waals surface area contributed by atoms with Gasteiger partial charge >= 0.3 is 0 Å². The lowest BCUT2D eigenvalue weighted by atomic mass is 10.1. The van der Waals surface area contributed by atoms with Crippen LogP contribution in [0.3, 0.4) is 0 Å². The van der Waals surface area contributed by atoms with Crippen LogP contribution in [0.5, 0.6) is 0 Å². The number of hydrogen-bond acceptors (Lipinski definition) is 4. The maximum absolute atomic E-state index is 4.32. The summed E-state index contributed by atoms with van der Waals surface area (Å²) in [7, 11) is 7.90. The van der Waals surface area contributed by atoms with Gasteiger partial charge in [0, 0.05) is 42.2 Å².